The second-order valence-electron chi connectivity index (χ2n) is 6.06. The predicted octanol–water partition coefficient (Wildman–Crippen LogP) is 2.72. The van der Waals surface area contributed by atoms with Crippen molar-refractivity contribution in [1.82, 2.24) is 25.0 Å². The van der Waals surface area contributed by atoms with Crippen LogP contribution in [0.15, 0.2) is 71.8 Å². The Labute approximate surface area is 148 Å². The summed E-state index contributed by atoms with van der Waals surface area (Å²) in [6.45, 7) is 0. The highest BCUT2D eigenvalue weighted by molar-refractivity contribution is 5.75. The smallest absolute Gasteiger partial charge is 0.288 e. The lowest BCUT2D eigenvalue weighted by Crippen LogP contribution is -2.28. The summed E-state index contributed by atoms with van der Waals surface area (Å²) < 4.78 is 1.92. The van der Waals surface area contributed by atoms with Crippen molar-refractivity contribution in [2.45, 2.75) is 6.04 Å². The first-order chi connectivity index (χ1) is 12.8. The second-order valence-corrected chi connectivity index (χ2v) is 6.06. The average molecular weight is 342 g/mol. The number of aromatic amines is 1. The quantitative estimate of drug-likeness (QED) is 0.515. The molecule has 5 rings (SSSR count). The van der Waals surface area contributed by atoms with Crippen LogP contribution in [0, 0.1) is 0 Å². The molecule has 0 spiro atoms. The number of hydrogen-bond donors (Lipinski definition) is 2. The maximum absolute atomic E-state index is 12.5. The molecule has 1 aliphatic heterocycles. The largest absolute Gasteiger partial charge is 0.319 e. The second kappa shape index (κ2) is 5.66. The van der Waals surface area contributed by atoms with Gasteiger partial charge in [0.25, 0.3) is 5.56 Å². The monoisotopic (exact) mass is 342 g/mol. The minimum atomic E-state index is -0.283. The van der Waals surface area contributed by atoms with Crippen molar-refractivity contribution in [3.8, 4) is 11.3 Å². The number of rotatable bonds is 2. The zero-order valence-electron chi connectivity index (χ0n) is 13.6. The normalized spacial score (nSPS) is 15.0. The van der Waals surface area contributed by atoms with Crippen LogP contribution in [-0.4, -0.2) is 25.0 Å². The van der Waals surface area contributed by atoms with Gasteiger partial charge >= 0.3 is 0 Å². The molecule has 0 aliphatic carbocycles. The molecule has 26 heavy (non-hydrogen) atoms. The highest BCUT2D eigenvalue weighted by Crippen LogP contribution is 2.41. The third-order valence-corrected chi connectivity index (χ3v) is 4.54. The average Bonchev–Trinajstić information content (AvgIpc) is 3.16. The molecule has 2 aromatic carbocycles. The number of nitrogens with zero attached hydrogens (tertiary/aromatic N) is 4. The highest BCUT2D eigenvalue weighted by Gasteiger charge is 2.32. The Balaban J connectivity index is 1.84. The van der Waals surface area contributed by atoms with Crippen LogP contribution in [-0.2, 0) is 0 Å². The Hall–Kier alpha value is -3.74. The van der Waals surface area contributed by atoms with E-state index in [0.717, 1.165) is 22.4 Å². The Morgan fingerprint density at radius 1 is 0.962 bits per heavy atom. The van der Waals surface area contributed by atoms with E-state index in [0.29, 0.717) is 11.6 Å². The van der Waals surface area contributed by atoms with Gasteiger partial charge in [-0.15, -0.1) is 10.2 Å². The van der Waals surface area contributed by atoms with E-state index < -0.39 is 0 Å². The Bertz CT molecular complexity index is 1130. The zero-order chi connectivity index (χ0) is 17.5. The molecule has 4 aromatic rings. The molecule has 0 saturated heterocycles. The molecule has 7 nitrogen and oxygen atoms in total. The SMILES string of the molecule is O=c1[nH]nc(-c2ccccc2)c2c1Nc1nncn1C2c1ccccc1. The lowest BCUT2D eigenvalue weighted by molar-refractivity contribution is 0.664. The lowest BCUT2D eigenvalue weighted by Gasteiger charge is -2.29. The lowest BCUT2D eigenvalue weighted by atomic mass is 9.92. The molecule has 0 radical (unpaired) electrons. The van der Waals surface area contributed by atoms with Gasteiger partial charge in [0.15, 0.2) is 0 Å². The van der Waals surface area contributed by atoms with Crippen molar-refractivity contribution in [2.24, 2.45) is 0 Å². The van der Waals surface area contributed by atoms with Gasteiger partial charge in [-0.2, -0.15) is 5.10 Å². The van der Waals surface area contributed by atoms with Gasteiger partial charge in [-0.1, -0.05) is 60.7 Å². The summed E-state index contributed by atoms with van der Waals surface area (Å²) in [5.74, 6) is 0.530. The fourth-order valence-electron chi connectivity index (χ4n) is 3.40. The maximum Gasteiger partial charge on any atom is 0.288 e. The molecule has 0 bridgehead atoms. The third kappa shape index (κ3) is 2.14. The summed E-state index contributed by atoms with van der Waals surface area (Å²) in [6, 6.07) is 19.5. The standard InChI is InChI=1S/C19H14N6O/c26-18-16-14(15(22-23-18)12-7-3-1-4-8-12)17(13-9-5-2-6-10-13)25-11-20-24-19(25)21-16/h1-11,17H,(H,21,24)(H,23,26). The van der Waals surface area contributed by atoms with Crippen molar-refractivity contribution >= 4 is 11.6 Å². The van der Waals surface area contributed by atoms with Gasteiger partial charge in [-0.25, -0.2) is 5.10 Å². The fraction of sp³-hybridized carbons (Fsp3) is 0.0526. The first-order valence-corrected chi connectivity index (χ1v) is 8.22. The Kier molecular flexibility index (Phi) is 3.18. The molecule has 0 saturated carbocycles. The topological polar surface area (TPSA) is 88.5 Å². The summed E-state index contributed by atoms with van der Waals surface area (Å²) in [7, 11) is 0. The van der Waals surface area contributed by atoms with E-state index >= 15 is 0 Å². The van der Waals surface area contributed by atoms with Gasteiger partial charge < -0.3 is 5.32 Å². The number of fused-ring (bicyclic) bond motifs is 2. The van der Waals surface area contributed by atoms with Gasteiger partial charge in [-0.05, 0) is 5.56 Å². The summed E-state index contributed by atoms with van der Waals surface area (Å²) >= 11 is 0. The molecule has 1 aliphatic rings. The zero-order valence-corrected chi connectivity index (χ0v) is 13.6. The Morgan fingerprint density at radius 3 is 2.46 bits per heavy atom. The first-order valence-electron chi connectivity index (χ1n) is 8.22. The van der Waals surface area contributed by atoms with E-state index in [-0.39, 0.29) is 11.6 Å². The molecule has 1 unspecified atom stereocenters. The van der Waals surface area contributed by atoms with Crippen molar-refractivity contribution in [3.05, 3.63) is 88.5 Å². The van der Waals surface area contributed by atoms with Crippen molar-refractivity contribution in [3.63, 3.8) is 0 Å². The molecule has 126 valence electrons. The summed E-state index contributed by atoms with van der Waals surface area (Å²) in [5, 5.41) is 18.2. The highest BCUT2D eigenvalue weighted by atomic mass is 16.1. The molecular formula is C19H14N6O. The summed E-state index contributed by atoms with van der Waals surface area (Å²) in [5.41, 5.74) is 3.66. The van der Waals surface area contributed by atoms with E-state index in [1.54, 1.807) is 6.33 Å². The number of aromatic nitrogens is 5. The molecule has 0 amide bonds. The fourth-order valence-corrected chi connectivity index (χ4v) is 3.40. The van der Waals surface area contributed by atoms with Crippen molar-refractivity contribution in [2.75, 3.05) is 5.32 Å². The van der Waals surface area contributed by atoms with Crippen molar-refractivity contribution in [1.29, 1.82) is 0 Å². The van der Waals surface area contributed by atoms with E-state index in [9.17, 15) is 4.79 Å². The minimum Gasteiger partial charge on any atom is -0.319 e. The number of anilines is 2. The van der Waals surface area contributed by atoms with Gasteiger partial charge in [0, 0.05) is 11.1 Å². The molecule has 2 aromatic heterocycles. The van der Waals surface area contributed by atoms with Crippen LogP contribution >= 0.6 is 0 Å². The van der Waals surface area contributed by atoms with Crippen LogP contribution in [0.3, 0.4) is 0 Å². The van der Waals surface area contributed by atoms with Gasteiger partial charge in [-0.3, -0.25) is 9.36 Å². The number of benzene rings is 2. The molecule has 3 heterocycles. The first kappa shape index (κ1) is 14.6. The molecular weight excluding hydrogens is 328 g/mol. The van der Waals surface area contributed by atoms with Crippen LogP contribution in [0.2, 0.25) is 0 Å². The van der Waals surface area contributed by atoms with Crippen LogP contribution in [0.5, 0.6) is 0 Å². The number of H-pyrrole nitrogens is 1. The van der Waals surface area contributed by atoms with Crippen LogP contribution in [0.25, 0.3) is 11.3 Å². The van der Waals surface area contributed by atoms with E-state index in [4.69, 9.17) is 0 Å². The number of hydrogen-bond acceptors (Lipinski definition) is 5. The third-order valence-electron chi connectivity index (χ3n) is 4.54. The number of nitrogens with one attached hydrogen (secondary N) is 2. The molecule has 2 N–H and O–H groups in total. The Morgan fingerprint density at radius 2 is 1.69 bits per heavy atom. The summed E-state index contributed by atoms with van der Waals surface area (Å²) in [4.78, 5) is 12.5. The van der Waals surface area contributed by atoms with Crippen LogP contribution < -0.4 is 10.9 Å². The van der Waals surface area contributed by atoms with Crippen LogP contribution in [0.4, 0.5) is 11.6 Å². The predicted molar refractivity (Wildman–Crippen MR) is 97.3 cm³/mol. The van der Waals surface area contributed by atoms with Gasteiger partial charge in [0.2, 0.25) is 5.95 Å². The summed E-state index contributed by atoms with van der Waals surface area (Å²) in [6.07, 6.45) is 1.67. The van der Waals surface area contributed by atoms with Crippen molar-refractivity contribution < 1.29 is 0 Å². The van der Waals surface area contributed by atoms with Crippen LogP contribution in [0.1, 0.15) is 17.2 Å². The molecule has 7 heteroatoms. The van der Waals surface area contributed by atoms with E-state index in [1.165, 1.54) is 0 Å². The maximum atomic E-state index is 12.5. The van der Waals surface area contributed by atoms with Gasteiger partial charge in [0.05, 0.1) is 11.7 Å². The minimum absolute atomic E-state index is 0.248. The van der Waals surface area contributed by atoms with E-state index in [1.807, 2.05) is 65.2 Å². The molecule has 1 atom stereocenters. The molecule has 0 fully saturated rings. The van der Waals surface area contributed by atoms with E-state index in [2.05, 4.69) is 25.7 Å². The van der Waals surface area contributed by atoms with Gasteiger partial charge in [0.1, 0.15) is 12.0 Å².